The summed E-state index contributed by atoms with van der Waals surface area (Å²) in [4.78, 5) is 20.1. The largest absolute Gasteiger partial charge is 0.399 e. The third-order valence-corrected chi connectivity index (χ3v) is 9.95. The Balaban J connectivity index is 1.72. The van der Waals surface area contributed by atoms with Gasteiger partial charge in [-0.05, 0) is 42.0 Å². The molecular weight excluding hydrogens is 682 g/mol. The number of hydrogen-bond donors (Lipinski definition) is 2. The van der Waals surface area contributed by atoms with Crippen molar-refractivity contribution >= 4 is 78.7 Å². The quantitative estimate of drug-likeness (QED) is 0.185. The Hall–Kier alpha value is -1.96. The maximum Gasteiger partial charge on any atom is 0.399 e. The molecule has 1 heterocycles. The summed E-state index contributed by atoms with van der Waals surface area (Å²) in [5.41, 5.74) is -3.55. The van der Waals surface area contributed by atoms with Crippen LogP contribution in [0.25, 0.3) is 10.6 Å². The van der Waals surface area contributed by atoms with Crippen LogP contribution in [0.4, 0.5) is 19.6 Å². The number of aromatic nitrogens is 2. The van der Waals surface area contributed by atoms with Crippen LogP contribution in [0.5, 0.6) is 0 Å². The van der Waals surface area contributed by atoms with E-state index in [1.807, 2.05) is 0 Å². The Morgan fingerprint density at radius 1 is 1.03 bits per heavy atom. The van der Waals surface area contributed by atoms with Gasteiger partial charge in [0.1, 0.15) is 5.01 Å². The van der Waals surface area contributed by atoms with Crippen molar-refractivity contribution in [1.82, 2.24) is 10.2 Å². The average molecular weight is 699 g/mol. The van der Waals surface area contributed by atoms with Gasteiger partial charge in [-0.15, -0.1) is 10.2 Å². The lowest BCUT2D eigenvalue weighted by atomic mass is 10.1. The molecule has 0 spiro atoms. The van der Waals surface area contributed by atoms with Crippen LogP contribution in [0.2, 0.25) is 10.0 Å². The van der Waals surface area contributed by atoms with E-state index in [0.29, 0.717) is 32.0 Å². The first-order valence-corrected chi connectivity index (χ1v) is 16.5. The number of hydrogen-bond acceptors (Lipinski definition) is 7. The first kappa shape index (κ1) is 30.0. The molecular formula is C23H17BrCl2F2N3O5PS2. The van der Waals surface area contributed by atoms with Crippen molar-refractivity contribution in [2.75, 3.05) is 11.2 Å². The van der Waals surface area contributed by atoms with Gasteiger partial charge in [-0.25, -0.2) is 8.42 Å². The molecule has 3 aromatic carbocycles. The summed E-state index contributed by atoms with van der Waals surface area (Å²) >= 11 is 16.5. The molecule has 0 fully saturated rings. The predicted octanol–water partition coefficient (Wildman–Crippen LogP) is 7.24. The van der Waals surface area contributed by atoms with Crippen molar-refractivity contribution in [3.8, 4) is 10.6 Å². The summed E-state index contributed by atoms with van der Waals surface area (Å²) in [6.45, 7) is 0.0833. The zero-order valence-corrected chi connectivity index (χ0v) is 25.2. The standard InChI is InChI=1S/C23H17BrCl2F2N3O5PS2/c1-39(35,36)16-6-3-14(4-7-16)21-29-30-22(38-21)31(15-5-9-19(25)20(26)11-15)12-13-2-8-17(18(24)10-13)23(27,28)37(32,33)34/h2-11H,12H2,1H3,(H2,32,33,34). The van der Waals surface area contributed by atoms with Crippen LogP contribution in [0.3, 0.4) is 0 Å². The molecule has 8 nitrogen and oxygen atoms in total. The predicted molar refractivity (Wildman–Crippen MR) is 151 cm³/mol. The molecule has 0 aliphatic carbocycles. The molecule has 1 aromatic heterocycles. The van der Waals surface area contributed by atoms with Crippen LogP contribution in [0.15, 0.2) is 70.0 Å². The second-order valence-corrected chi connectivity index (χ2v) is 14.6. The summed E-state index contributed by atoms with van der Waals surface area (Å²) < 4.78 is 63.3. The molecule has 16 heteroatoms. The molecule has 0 amide bonds. The highest BCUT2D eigenvalue weighted by Gasteiger charge is 2.51. The number of sulfone groups is 1. The van der Waals surface area contributed by atoms with E-state index in [1.165, 1.54) is 35.6 Å². The Morgan fingerprint density at radius 2 is 1.69 bits per heavy atom. The zero-order valence-electron chi connectivity index (χ0n) is 19.6. The number of halogens is 5. The monoisotopic (exact) mass is 697 g/mol. The molecule has 0 radical (unpaired) electrons. The zero-order chi connectivity index (χ0) is 28.8. The van der Waals surface area contributed by atoms with Gasteiger partial charge in [0, 0.05) is 27.5 Å². The summed E-state index contributed by atoms with van der Waals surface area (Å²) in [5, 5.41) is 9.96. The van der Waals surface area contributed by atoms with Gasteiger partial charge < -0.3 is 14.7 Å². The minimum atomic E-state index is -5.76. The van der Waals surface area contributed by atoms with Gasteiger partial charge in [0.25, 0.3) is 0 Å². The Morgan fingerprint density at radius 3 is 2.26 bits per heavy atom. The van der Waals surface area contributed by atoms with E-state index in [1.54, 1.807) is 35.2 Å². The molecule has 4 aromatic rings. The van der Waals surface area contributed by atoms with Crippen molar-refractivity contribution in [3.63, 3.8) is 0 Å². The molecule has 206 valence electrons. The number of rotatable bonds is 8. The molecule has 0 bridgehead atoms. The number of alkyl halides is 2. The van der Waals surface area contributed by atoms with Crippen LogP contribution in [0.1, 0.15) is 11.1 Å². The van der Waals surface area contributed by atoms with Crippen molar-refractivity contribution < 1.29 is 31.6 Å². The van der Waals surface area contributed by atoms with Gasteiger partial charge in [0.05, 0.1) is 21.5 Å². The molecule has 2 N–H and O–H groups in total. The maximum atomic E-state index is 14.3. The molecule has 0 unspecified atom stereocenters. The second-order valence-electron chi connectivity index (χ2n) is 8.27. The lowest BCUT2D eigenvalue weighted by Crippen LogP contribution is -2.18. The second kappa shape index (κ2) is 11.1. The fourth-order valence-corrected chi connectivity index (χ4v) is 6.58. The summed E-state index contributed by atoms with van der Waals surface area (Å²) in [6, 6.07) is 14.6. The molecule has 0 atom stereocenters. The van der Waals surface area contributed by atoms with Crippen molar-refractivity contribution in [2.45, 2.75) is 17.1 Å². The highest BCUT2D eigenvalue weighted by Crippen LogP contribution is 2.60. The lowest BCUT2D eigenvalue weighted by molar-refractivity contribution is 0.0557. The SMILES string of the molecule is CS(=O)(=O)c1ccc(-c2nnc(N(Cc3ccc(C(F)(F)P(=O)(O)O)c(Br)c3)c3ccc(Cl)c(Cl)c3)s2)cc1. The van der Waals surface area contributed by atoms with Gasteiger partial charge in [-0.2, -0.15) is 8.78 Å². The van der Waals surface area contributed by atoms with E-state index in [-0.39, 0.29) is 20.9 Å². The fraction of sp³-hybridized carbons (Fsp3) is 0.130. The number of nitrogens with zero attached hydrogens (tertiary/aromatic N) is 3. The highest BCUT2D eigenvalue weighted by atomic mass is 79.9. The minimum absolute atomic E-state index is 0.0833. The van der Waals surface area contributed by atoms with Crippen molar-refractivity contribution in [2.24, 2.45) is 0 Å². The van der Waals surface area contributed by atoms with Crippen molar-refractivity contribution in [3.05, 3.63) is 86.3 Å². The van der Waals surface area contributed by atoms with Crippen LogP contribution in [-0.4, -0.2) is 34.7 Å². The van der Waals surface area contributed by atoms with Gasteiger partial charge in [-0.1, -0.05) is 74.7 Å². The molecule has 0 saturated heterocycles. The summed E-state index contributed by atoms with van der Waals surface area (Å²) in [7, 11) is -9.13. The maximum absolute atomic E-state index is 14.3. The average Bonchev–Trinajstić information content (AvgIpc) is 3.33. The molecule has 39 heavy (non-hydrogen) atoms. The number of anilines is 2. The van der Waals surface area contributed by atoms with E-state index in [4.69, 9.17) is 33.0 Å². The number of benzene rings is 3. The van der Waals surface area contributed by atoms with Crippen molar-refractivity contribution in [1.29, 1.82) is 0 Å². The van der Waals surface area contributed by atoms with Gasteiger partial charge >= 0.3 is 13.3 Å². The Kier molecular flexibility index (Phi) is 8.57. The van der Waals surface area contributed by atoms with Crippen LogP contribution in [-0.2, 0) is 26.6 Å². The highest BCUT2D eigenvalue weighted by molar-refractivity contribution is 9.10. The van der Waals surface area contributed by atoms with Crippen LogP contribution in [0, 0.1) is 0 Å². The van der Waals surface area contributed by atoms with Gasteiger partial charge in [0.2, 0.25) is 5.13 Å². The molecule has 0 aliphatic heterocycles. The minimum Gasteiger partial charge on any atom is -0.320 e. The smallest absolute Gasteiger partial charge is 0.320 e. The van der Waals surface area contributed by atoms with E-state index in [9.17, 15) is 21.8 Å². The molecule has 0 saturated carbocycles. The van der Waals surface area contributed by atoms with E-state index in [2.05, 4.69) is 26.1 Å². The third kappa shape index (κ3) is 6.52. The lowest BCUT2D eigenvalue weighted by Gasteiger charge is -2.23. The van der Waals surface area contributed by atoms with Crippen LogP contribution < -0.4 is 4.90 Å². The first-order chi connectivity index (χ1) is 18.1. The first-order valence-electron chi connectivity index (χ1n) is 10.7. The third-order valence-electron chi connectivity index (χ3n) is 5.45. The van der Waals surface area contributed by atoms with Gasteiger partial charge in [-0.3, -0.25) is 4.57 Å². The Bertz CT molecular complexity index is 1700. The van der Waals surface area contributed by atoms with E-state index in [0.717, 1.165) is 12.3 Å². The topological polar surface area (TPSA) is 121 Å². The normalized spacial score (nSPS) is 12.5. The van der Waals surface area contributed by atoms with Crippen LogP contribution >= 0.6 is 58.1 Å². The Labute approximate surface area is 244 Å². The van der Waals surface area contributed by atoms with E-state index >= 15 is 0 Å². The fourth-order valence-electron chi connectivity index (χ4n) is 3.45. The van der Waals surface area contributed by atoms with E-state index < -0.39 is 28.7 Å². The summed E-state index contributed by atoms with van der Waals surface area (Å²) in [5.74, 6) is 0. The summed E-state index contributed by atoms with van der Waals surface area (Å²) in [6.07, 6.45) is 1.11. The van der Waals surface area contributed by atoms with Gasteiger partial charge in [0.15, 0.2) is 9.84 Å². The molecule has 0 aliphatic rings. The molecule has 4 rings (SSSR count).